The van der Waals surface area contributed by atoms with Crippen molar-refractivity contribution in [1.29, 1.82) is 0 Å². The molecular formula is C15H12BF2N5O2. The summed E-state index contributed by atoms with van der Waals surface area (Å²) in [7, 11) is 7.10. The summed E-state index contributed by atoms with van der Waals surface area (Å²) in [5.41, 5.74) is 0.776. The van der Waals surface area contributed by atoms with Crippen LogP contribution >= 0.6 is 0 Å². The van der Waals surface area contributed by atoms with E-state index in [-0.39, 0.29) is 28.7 Å². The van der Waals surface area contributed by atoms with E-state index in [1.807, 2.05) is 0 Å². The van der Waals surface area contributed by atoms with E-state index in [2.05, 4.69) is 24.8 Å². The zero-order valence-corrected chi connectivity index (χ0v) is 13.2. The number of aromatic amines is 1. The van der Waals surface area contributed by atoms with Crippen molar-refractivity contribution in [3.8, 4) is 17.3 Å². The maximum absolute atomic E-state index is 12.8. The molecule has 0 spiro atoms. The lowest BCUT2D eigenvalue weighted by Gasteiger charge is -2.08. The number of alkyl halides is 2. The summed E-state index contributed by atoms with van der Waals surface area (Å²) in [4.78, 5) is 22.8. The van der Waals surface area contributed by atoms with Gasteiger partial charge >= 0.3 is 6.61 Å². The molecule has 1 aliphatic rings. The fourth-order valence-electron chi connectivity index (χ4n) is 2.73. The molecule has 1 fully saturated rings. The number of nitrogens with one attached hydrogen (secondary N) is 1. The minimum atomic E-state index is -3.00. The standard InChI is InChI=1S/C15H12BF2N5O2/c1-23-14(25-15(17)18)9(10(22-23)6-2-3-6)12-19-5-7-4-8(16)13(24)21-11(7)20-12/h4-6,15H,2-3H2,1H3,(H,19,20,21,24). The molecule has 0 bridgehead atoms. The van der Waals surface area contributed by atoms with Crippen LogP contribution in [0.5, 0.6) is 5.88 Å². The highest BCUT2D eigenvalue weighted by atomic mass is 19.3. The summed E-state index contributed by atoms with van der Waals surface area (Å²) < 4.78 is 31.5. The molecule has 0 aliphatic heterocycles. The Balaban J connectivity index is 1.92. The lowest BCUT2D eigenvalue weighted by molar-refractivity contribution is -0.0549. The van der Waals surface area contributed by atoms with Crippen LogP contribution in [0.4, 0.5) is 8.78 Å². The van der Waals surface area contributed by atoms with Crippen molar-refractivity contribution < 1.29 is 13.5 Å². The van der Waals surface area contributed by atoms with Gasteiger partial charge in [-0.05, 0) is 18.3 Å². The average molecular weight is 343 g/mol. The minimum absolute atomic E-state index is 0.0469. The van der Waals surface area contributed by atoms with E-state index in [1.165, 1.54) is 24.0 Å². The Morgan fingerprint density at radius 2 is 2.20 bits per heavy atom. The lowest BCUT2D eigenvalue weighted by Crippen LogP contribution is -2.27. The van der Waals surface area contributed by atoms with Gasteiger partial charge in [-0.3, -0.25) is 4.79 Å². The number of aromatic nitrogens is 5. The molecule has 1 saturated carbocycles. The van der Waals surface area contributed by atoms with E-state index in [0.29, 0.717) is 16.6 Å². The summed E-state index contributed by atoms with van der Waals surface area (Å²) in [5, 5.41) is 4.84. The van der Waals surface area contributed by atoms with E-state index in [0.717, 1.165) is 12.8 Å². The molecule has 1 N–H and O–H groups in total. The summed E-state index contributed by atoms with van der Waals surface area (Å²) >= 11 is 0. The number of nitrogens with zero attached hydrogens (tertiary/aromatic N) is 4. The highest BCUT2D eigenvalue weighted by Crippen LogP contribution is 2.46. The highest BCUT2D eigenvalue weighted by Gasteiger charge is 2.34. The van der Waals surface area contributed by atoms with E-state index in [4.69, 9.17) is 7.85 Å². The molecule has 0 amide bonds. The van der Waals surface area contributed by atoms with E-state index in [1.54, 1.807) is 0 Å². The number of halogens is 2. The van der Waals surface area contributed by atoms with Gasteiger partial charge in [-0.2, -0.15) is 13.9 Å². The van der Waals surface area contributed by atoms with Crippen molar-refractivity contribution in [3.63, 3.8) is 0 Å². The van der Waals surface area contributed by atoms with Crippen LogP contribution in [0.15, 0.2) is 17.1 Å². The first-order chi connectivity index (χ1) is 11.9. The third-order valence-corrected chi connectivity index (χ3v) is 4.03. The van der Waals surface area contributed by atoms with Gasteiger partial charge in [-0.1, -0.05) is 6.07 Å². The molecule has 3 heterocycles. The zero-order chi connectivity index (χ0) is 17.7. The smallest absolute Gasteiger partial charge is 0.388 e. The normalized spacial score (nSPS) is 14.4. The Hall–Kier alpha value is -2.78. The summed E-state index contributed by atoms with van der Waals surface area (Å²) in [6.45, 7) is -3.00. The van der Waals surface area contributed by atoms with Crippen LogP contribution in [0.3, 0.4) is 0 Å². The van der Waals surface area contributed by atoms with E-state index in [9.17, 15) is 13.6 Å². The van der Waals surface area contributed by atoms with Gasteiger partial charge in [0.05, 0.1) is 5.69 Å². The van der Waals surface area contributed by atoms with Gasteiger partial charge in [0.1, 0.15) is 19.1 Å². The molecule has 2 radical (unpaired) electrons. The lowest BCUT2D eigenvalue weighted by atomic mass is 9.97. The van der Waals surface area contributed by atoms with Crippen molar-refractivity contribution >= 4 is 24.3 Å². The van der Waals surface area contributed by atoms with Crippen molar-refractivity contribution in [2.45, 2.75) is 25.4 Å². The number of aryl methyl sites for hydroxylation is 1. The predicted molar refractivity (Wildman–Crippen MR) is 86.4 cm³/mol. The maximum Gasteiger partial charge on any atom is 0.388 e. The summed E-state index contributed by atoms with van der Waals surface area (Å²) in [6, 6.07) is 1.46. The molecule has 1 aliphatic carbocycles. The second-order valence-corrected chi connectivity index (χ2v) is 5.89. The van der Waals surface area contributed by atoms with Crippen molar-refractivity contribution in [3.05, 3.63) is 28.3 Å². The molecule has 126 valence electrons. The molecule has 10 heteroatoms. The van der Waals surface area contributed by atoms with Crippen LogP contribution in [0.2, 0.25) is 0 Å². The zero-order valence-electron chi connectivity index (χ0n) is 13.2. The van der Waals surface area contributed by atoms with Crippen molar-refractivity contribution in [2.75, 3.05) is 0 Å². The predicted octanol–water partition coefficient (Wildman–Crippen LogP) is 0.991. The van der Waals surface area contributed by atoms with Gasteiger partial charge in [-0.15, -0.1) is 0 Å². The van der Waals surface area contributed by atoms with E-state index >= 15 is 0 Å². The molecule has 4 rings (SSSR count). The number of hydrogen-bond donors (Lipinski definition) is 1. The first kappa shape index (κ1) is 15.7. The van der Waals surface area contributed by atoms with Gasteiger partial charge in [0.2, 0.25) is 11.4 Å². The number of H-pyrrole nitrogens is 1. The molecular weight excluding hydrogens is 331 g/mol. The van der Waals surface area contributed by atoms with Crippen LogP contribution in [0.1, 0.15) is 24.5 Å². The van der Waals surface area contributed by atoms with Crippen LogP contribution < -0.4 is 15.8 Å². The average Bonchev–Trinajstić information content (AvgIpc) is 3.34. The minimum Gasteiger partial charge on any atom is -0.416 e. The van der Waals surface area contributed by atoms with Crippen LogP contribution in [-0.2, 0) is 7.05 Å². The summed E-state index contributed by atoms with van der Waals surface area (Å²) in [6.07, 6.45) is 3.30. The maximum atomic E-state index is 12.8. The van der Waals surface area contributed by atoms with Crippen LogP contribution in [0, 0.1) is 0 Å². The van der Waals surface area contributed by atoms with Crippen molar-refractivity contribution in [1.82, 2.24) is 24.7 Å². The third kappa shape index (κ3) is 2.77. The van der Waals surface area contributed by atoms with Crippen LogP contribution in [-0.4, -0.2) is 39.2 Å². The number of fused-ring (bicyclic) bond motifs is 1. The number of rotatable bonds is 4. The quantitative estimate of drug-likeness (QED) is 0.714. The molecule has 3 aromatic heterocycles. The molecule has 3 aromatic rings. The number of ether oxygens (including phenoxy) is 1. The largest absolute Gasteiger partial charge is 0.416 e. The van der Waals surface area contributed by atoms with Gasteiger partial charge in [-0.25, -0.2) is 14.6 Å². The molecule has 0 saturated heterocycles. The SMILES string of the molecule is [B]c1cc2cnc(-c3c(C4CC4)nn(C)c3OC(F)F)nc2[nH]c1=O. The topological polar surface area (TPSA) is 85.7 Å². The van der Waals surface area contributed by atoms with Crippen molar-refractivity contribution in [2.24, 2.45) is 7.05 Å². The molecule has 0 unspecified atom stereocenters. The van der Waals surface area contributed by atoms with Gasteiger partial charge in [0.15, 0.2) is 5.82 Å². The molecule has 0 atom stereocenters. The second-order valence-electron chi connectivity index (χ2n) is 5.89. The van der Waals surface area contributed by atoms with Gasteiger partial charge < -0.3 is 9.72 Å². The van der Waals surface area contributed by atoms with Crippen LogP contribution in [0.25, 0.3) is 22.4 Å². The van der Waals surface area contributed by atoms with E-state index < -0.39 is 12.2 Å². The first-order valence-corrected chi connectivity index (χ1v) is 7.61. The first-order valence-electron chi connectivity index (χ1n) is 7.61. The number of pyridine rings is 1. The third-order valence-electron chi connectivity index (χ3n) is 4.03. The fourth-order valence-corrected chi connectivity index (χ4v) is 2.73. The fraction of sp³-hybridized carbons (Fsp3) is 0.333. The number of hydrogen-bond acceptors (Lipinski definition) is 5. The Bertz CT molecular complexity index is 1030. The Kier molecular flexibility index (Phi) is 3.55. The molecule has 0 aromatic carbocycles. The Labute approximate surface area is 141 Å². The molecule has 7 nitrogen and oxygen atoms in total. The Morgan fingerprint density at radius 3 is 2.88 bits per heavy atom. The monoisotopic (exact) mass is 343 g/mol. The molecule has 25 heavy (non-hydrogen) atoms. The highest BCUT2D eigenvalue weighted by molar-refractivity contribution is 6.32. The van der Waals surface area contributed by atoms with Gasteiger partial charge in [0, 0.05) is 24.5 Å². The second kappa shape index (κ2) is 5.64. The summed E-state index contributed by atoms with van der Waals surface area (Å²) in [5.74, 6) is 0.230. The Morgan fingerprint density at radius 1 is 1.44 bits per heavy atom. The van der Waals surface area contributed by atoms with Gasteiger partial charge in [0.25, 0.3) is 0 Å².